The Bertz CT molecular complexity index is 1290. The van der Waals surface area contributed by atoms with Crippen LogP contribution < -0.4 is 0 Å². The van der Waals surface area contributed by atoms with E-state index < -0.39 is 11.5 Å². The number of hydrogen-bond donors (Lipinski definition) is 0. The first-order valence-electron chi connectivity index (χ1n) is 13.1. The molecule has 194 valence electrons. The molecule has 2 aromatic carbocycles. The molecule has 6 rings (SSSR count). The zero-order chi connectivity index (χ0) is 25.6. The number of alkyl halides is 2. The third kappa shape index (κ3) is 4.46. The Kier molecular flexibility index (Phi) is 6.32. The van der Waals surface area contributed by atoms with Gasteiger partial charge in [-0.25, -0.2) is 13.8 Å². The monoisotopic (exact) mass is 524 g/mol. The Balaban J connectivity index is 1.18. The predicted octanol–water partition coefficient (Wildman–Crippen LogP) is 5.67. The van der Waals surface area contributed by atoms with Crippen molar-refractivity contribution in [3.8, 4) is 11.4 Å². The molecule has 0 radical (unpaired) electrons. The summed E-state index contributed by atoms with van der Waals surface area (Å²) in [7, 11) is 0. The van der Waals surface area contributed by atoms with Gasteiger partial charge in [-0.15, -0.1) is 0 Å². The number of hydrogen-bond acceptors (Lipinski definition) is 3. The molecule has 1 atom stereocenters. The zero-order valence-electron chi connectivity index (χ0n) is 20.8. The van der Waals surface area contributed by atoms with Crippen molar-refractivity contribution in [1.29, 1.82) is 0 Å². The molecule has 3 aliphatic rings. The van der Waals surface area contributed by atoms with Crippen LogP contribution in [0.3, 0.4) is 0 Å². The highest BCUT2D eigenvalue weighted by Crippen LogP contribution is 2.49. The molecule has 8 heteroatoms. The summed E-state index contributed by atoms with van der Waals surface area (Å²) >= 11 is 6.23. The highest BCUT2D eigenvalue weighted by atomic mass is 35.5. The van der Waals surface area contributed by atoms with E-state index in [1.807, 2.05) is 58.6 Å². The lowest BCUT2D eigenvalue weighted by Crippen LogP contribution is -2.42. The first-order valence-corrected chi connectivity index (χ1v) is 13.5. The van der Waals surface area contributed by atoms with Crippen LogP contribution in [0.2, 0.25) is 5.02 Å². The van der Waals surface area contributed by atoms with Gasteiger partial charge in [0.1, 0.15) is 5.82 Å². The molecule has 5 nitrogen and oxygen atoms in total. The molecule has 1 unspecified atom stereocenters. The third-order valence-corrected chi connectivity index (χ3v) is 8.67. The molecule has 4 heterocycles. The molecular weight excluding hydrogens is 494 g/mol. The normalized spacial score (nSPS) is 23.3. The molecule has 37 heavy (non-hydrogen) atoms. The van der Waals surface area contributed by atoms with Crippen LogP contribution in [0, 0.1) is 5.92 Å². The molecule has 0 N–H and O–H groups in total. The second-order valence-corrected chi connectivity index (χ2v) is 11.1. The first kappa shape index (κ1) is 24.6. The standard InChI is InChI=1S/C29H31ClF2N4O/c30-23-7-5-22(6-8-23)29(25-4-2-1-3-24(25)27-33-14-18-36(27)29)12-9-26(37)35-15-10-21(11-16-35)19-34-17-13-28(31,32)20-34/h1-8,14,18,21H,9-13,15-17,19-20H2. The van der Waals surface area contributed by atoms with E-state index in [2.05, 4.69) is 21.7 Å². The Hall–Kier alpha value is -2.77. The number of piperidine rings is 1. The van der Waals surface area contributed by atoms with Crippen molar-refractivity contribution in [1.82, 2.24) is 19.4 Å². The number of halogens is 3. The summed E-state index contributed by atoms with van der Waals surface area (Å²) in [6.45, 7) is 2.42. The van der Waals surface area contributed by atoms with Crippen LogP contribution in [-0.2, 0) is 10.3 Å². The van der Waals surface area contributed by atoms with E-state index >= 15 is 0 Å². The fourth-order valence-corrected chi connectivity index (χ4v) is 6.66. The summed E-state index contributed by atoms with van der Waals surface area (Å²) < 4.78 is 29.3. The number of fused-ring (bicyclic) bond motifs is 3. The molecule has 2 fully saturated rings. The topological polar surface area (TPSA) is 41.4 Å². The van der Waals surface area contributed by atoms with E-state index in [4.69, 9.17) is 11.6 Å². The lowest BCUT2D eigenvalue weighted by molar-refractivity contribution is -0.133. The van der Waals surface area contributed by atoms with Gasteiger partial charge in [-0.1, -0.05) is 48.0 Å². The maximum absolute atomic E-state index is 13.6. The molecule has 3 aromatic rings. The van der Waals surface area contributed by atoms with Gasteiger partial charge in [0.25, 0.3) is 5.92 Å². The van der Waals surface area contributed by atoms with Gasteiger partial charge in [0, 0.05) is 62.0 Å². The summed E-state index contributed by atoms with van der Waals surface area (Å²) in [5.74, 6) is -1.13. The number of nitrogens with zero attached hydrogens (tertiary/aromatic N) is 4. The van der Waals surface area contributed by atoms with Crippen molar-refractivity contribution in [2.24, 2.45) is 5.92 Å². The minimum atomic E-state index is -2.55. The van der Waals surface area contributed by atoms with Gasteiger partial charge in [-0.3, -0.25) is 9.69 Å². The average Bonchev–Trinajstić information content (AvgIpc) is 3.58. The lowest BCUT2D eigenvalue weighted by Gasteiger charge is -2.36. The number of carbonyl (C=O) groups excluding carboxylic acids is 1. The Labute approximate surface area is 221 Å². The largest absolute Gasteiger partial charge is 0.343 e. The lowest BCUT2D eigenvalue weighted by atomic mass is 9.79. The van der Waals surface area contributed by atoms with Gasteiger partial charge in [-0.2, -0.15) is 0 Å². The van der Waals surface area contributed by atoms with E-state index in [0.717, 1.165) is 35.4 Å². The fourth-order valence-electron chi connectivity index (χ4n) is 6.54. The van der Waals surface area contributed by atoms with Gasteiger partial charge < -0.3 is 9.47 Å². The summed E-state index contributed by atoms with van der Waals surface area (Å²) in [5, 5.41) is 0.674. The third-order valence-electron chi connectivity index (χ3n) is 8.42. The predicted molar refractivity (Wildman–Crippen MR) is 140 cm³/mol. The van der Waals surface area contributed by atoms with Crippen LogP contribution >= 0.6 is 11.6 Å². The van der Waals surface area contributed by atoms with Gasteiger partial charge >= 0.3 is 0 Å². The minimum Gasteiger partial charge on any atom is -0.343 e. The Morgan fingerprint density at radius 3 is 2.54 bits per heavy atom. The highest BCUT2D eigenvalue weighted by molar-refractivity contribution is 6.30. The molecule has 2 saturated heterocycles. The second kappa shape index (κ2) is 9.52. The summed E-state index contributed by atoms with van der Waals surface area (Å²) in [5.41, 5.74) is 2.77. The highest BCUT2D eigenvalue weighted by Gasteiger charge is 2.45. The molecule has 0 bridgehead atoms. The number of aromatic nitrogens is 2. The van der Waals surface area contributed by atoms with Crippen molar-refractivity contribution < 1.29 is 13.6 Å². The van der Waals surface area contributed by atoms with E-state index in [0.29, 0.717) is 50.0 Å². The summed E-state index contributed by atoms with van der Waals surface area (Å²) in [6.07, 6.45) is 6.52. The van der Waals surface area contributed by atoms with Crippen LogP contribution in [0.4, 0.5) is 8.78 Å². The number of benzene rings is 2. The Morgan fingerprint density at radius 1 is 1.05 bits per heavy atom. The zero-order valence-corrected chi connectivity index (χ0v) is 21.5. The molecule has 0 aliphatic carbocycles. The van der Waals surface area contributed by atoms with Crippen LogP contribution in [0.15, 0.2) is 60.9 Å². The van der Waals surface area contributed by atoms with E-state index in [1.54, 1.807) is 0 Å². The van der Waals surface area contributed by atoms with Crippen molar-refractivity contribution in [3.05, 3.63) is 77.1 Å². The number of rotatable bonds is 6. The maximum atomic E-state index is 13.6. The van der Waals surface area contributed by atoms with Crippen molar-refractivity contribution >= 4 is 17.5 Å². The molecule has 0 saturated carbocycles. The van der Waals surface area contributed by atoms with Crippen molar-refractivity contribution in [2.75, 3.05) is 32.7 Å². The van der Waals surface area contributed by atoms with Gasteiger partial charge in [0.05, 0.1) is 12.1 Å². The van der Waals surface area contributed by atoms with Crippen molar-refractivity contribution in [2.45, 2.75) is 43.6 Å². The molecular formula is C29H31ClF2N4O. The minimum absolute atomic E-state index is 0.0402. The van der Waals surface area contributed by atoms with E-state index in [-0.39, 0.29) is 18.9 Å². The smallest absolute Gasteiger partial charge is 0.261 e. The quantitative estimate of drug-likeness (QED) is 0.417. The van der Waals surface area contributed by atoms with Crippen LogP contribution in [0.1, 0.15) is 43.2 Å². The first-order chi connectivity index (χ1) is 17.9. The number of likely N-dealkylation sites (tertiary alicyclic amines) is 2. The SMILES string of the molecule is O=C(CCC1(c2ccc(Cl)cc2)c2ccccc2-c2nccn21)N1CCC(CN2CCC(F)(F)C2)CC1. The van der Waals surface area contributed by atoms with Crippen LogP contribution in [0.5, 0.6) is 0 Å². The van der Waals surface area contributed by atoms with E-state index in [1.165, 1.54) is 0 Å². The van der Waals surface area contributed by atoms with Crippen molar-refractivity contribution in [3.63, 3.8) is 0 Å². The molecule has 0 spiro atoms. The van der Waals surface area contributed by atoms with Gasteiger partial charge in [0.15, 0.2) is 0 Å². The molecule has 1 amide bonds. The van der Waals surface area contributed by atoms with E-state index in [9.17, 15) is 13.6 Å². The molecule has 3 aliphatic heterocycles. The average molecular weight is 525 g/mol. The van der Waals surface area contributed by atoms with Gasteiger partial charge in [-0.05, 0) is 48.4 Å². The number of amides is 1. The fraction of sp³-hybridized carbons (Fsp3) is 0.448. The van der Waals surface area contributed by atoms with Crippen LogP contribution in [0.25, 0.3) is 11.4 Å². The summed E-state index contributed by atoms with van der Waals surface area (Å²) in [6, 6.07) is 16.2. The second-order valence-electron chi connectivity index (χ2n) is 10.7. The maximum Gasteiger partial charge on any atom is 0.261 e. The van der Waals surface area contributed by atoms with Crippen LogP contribution in [-0.4, -0.2) is 63.9 Å². The summed E-state index contributed by atoms with van der Waals surface area (Å²) in [4.78, 5) is 21.9. The molecule has 1 aromatic heterocycles. The van der Waals surface area contributed by atoms with Gasteiger partial charge in [0.2, 0.25) is 5.91 Å². The Morgan fingerprint density at radius 2 is 1.81 bits per heavy atom. The number of carbonyl (C=O) groups is 1. The number of imidazole rings is 1.